The van der Waals surface area contributed by atoms with Crippen molar-refractivity contribution in [3.8, 4) is 0 Å². The first-order valence-electron chi connectivity index (χ1n) is 6.69. The molecule has 1 fully saturated rings. The van der Waals surface area contributed by atoms with Crippen LogP contribution in [-0.4, -0.2) is 13.6 Å². The second-order valence-electron chi connectivity index (χ2n) is 5.20. The van der Waals surface area contributed by atoms with Gasteiger partial charge < -0.3 is 5.32 Å². The highest BCUT2D eigenvalue weighted by Crippen LogP contribution is 2.34. The first-order valence-corrected chi connectivity index (χ1v) is 7.49. The summed E-state index contributed by atoms with van der Waals surface area (Å²) >= 11 is 3.57. The van der Waals surface area contributed by atoms with Gasteiger partial charge in [-0.15, -0.1) is 0 Å². The first-order chi connectivity index (χ1) is 8.29. The number of likely N-dealkylation sites (N-methyl/N-ethyl adjacent to an activating group) is 1. The van der Waals surface area contributed by atoms with Gasteiger partial charge in [-0.05, 0) is 43.0 Å². The molecule has 2 rings (SSSR count). The number of halogens is 1. The summed E-state index contributed by atoms with van der Waals surface area (Å²) in [6.45, 7) is 1.09. The third-order valence-electron chi connectivity index (χ3n) is 3.86. The van der Waals surface area contributed by atoms with Gasteiger partial charge >= 0.3 is 0 Å². The van der Waals surface area contributed by atoms with Crippen LogP contribution in [0.1, 0.15) is 43.6 Å². The lowest BCUT2D eigenvalue weighted by Gasteiger charge is -2.21. The van der Waals surface area contributed by atoms with Gasteiger partial charge in [0, 0.05) is 11.0 Å². The van der Waals surface area contributed by atoms with Crippen molar-refractivity contribution in [1.29, 1.82) is 0 Å². The fourth-order valence-corrected chi connectivity index (χ4v) is 3.41. The van der Waals surface area contributed by atoms with Crippen molar-refractivity contribution in [3.63, 3.8) is 0 Å². The van der Waals surface area contributed by atoms with E-state index < -0.39 is 0 Å². The maximum atomic E-state index is 3.57. The maximum Gasteiger partial charge on any atom is 0.0178 e. The van der Waals surface area contributed by atoms with Gasteiger partial charge in [-0.1, -0.05) is 53.7 Å². The summed E-state index contributed by atoms with van der Waals surface area (Å²) < 4.78 is 1.20. The predicted octanol–water partition coefficient (Wildman–Crippen LogP) is 4.33. The van der Waals surface area contributed by atoms with Crippen molar-refractivity contribution in [1.82, 2.24) is 5.32 Å². The summed E-state index contributed by atoms with van der Waals surface area (Å²) in [5.41, 5.74) is 1.47. The molecule has 1 aliphatic carbocycles. The largest absolute Gasteiger partial charge is 0.319 e. The molecule has 0 amide bonds. The smallest absolute Gasteiger partial charge is 0.0178 e. The molecule has 1 saturated carbocycles. The van der Waals surface area contributed by atoms with Crippen LogP contribution in [0.3, 0.4) is 0 Å². The van der Waals surface area contributed by atoms with Gasteiger partial charge in [-0.25, -0.2) is 0 Å². The molecule has 94 valence electrons. The van der Waals surface area contributed by atoms with Gasteiger partial charge in [-0.3, -0.25) is 0 Å². The molecule has 1 aromatic rings. The lowest BCUT2D eigenvalue weighted by Crippen LogP contribution is -2.19. The van der Waals surface area contributed by atoms with E-state index in [2.05, 4.69) is 52.6 Å². The zero-order chi connectivity index (χ0) is 12.1. The molecule has 2 heteroatoms. The molecule has 0 saturated heterocycles. The number of nitrogens with one attached hydrogen (secondary N) is 1. The Morgan fingerprint density at radius 1 is 1.35 bits per heavy atom. The molecule has 0 heterocycles. The van der Waals surface area contributed by atoms with Gasteiger partial charge in [0.05, 0.1) is 0 Å². The van der Waals surface area contributed by atoms with Crippen molar-refractivity contribution in [2.24, 2.45) is 5.92 Å². The van der Waals surface area contributed by atoms with E-state index in [1.807, 2.05) is 0 Å². The summed E-state index contributed by atoms with van der Waals surface area (Å²) in [4.78, 5) is 0. The molecule has 1 aromatic carbocycles. The molecule has 0 aromatic heterocycles. The molecule has 1 N–H and O–H groups in total. The fraction of sp³-hybridized carbons (Fsp3) is 0.600. The average Bonchev–Trinajstić information content (AvgIpc) is 2.81. The number of hydrogen-bond acceptors (Lipinski definition) is 1. The van der Waals surface area contributed by atoms with Crippen LogP contribution < -0.4 is 5.32 Å². The minimum atomic E-state index is 0.667. The predicted molar refractivity (Wildman–Crippen MR) is 77.4 cm³/mol. The van der Waals surface area contributed by atoms with Crippen LogP contribution in [-0.2, 0) is 0 Å². The Bertz CT molecular complexity index is 345. The molecule has 0 spiro atoms. The Kier molecular flexibility index (Phi) is 5.05. The third kappa shape index (κ3) is 3.82. The summed E-state index contributed by atoms with van der Waals surface area (Å²) in [6, 6.07) is 8.80. The molecule has 0 radical (unpaired) electrons. The van der Waals surface area contributed by atoms with Crippen LogP contribution in [0.4, 0.5) is 0 Å². The zero-order valence-electron chi connectivity index (χ0n) is 10.6. The second-order valence-corrected chi connectivity index (χ2v) is 6.11. The quantitative estimate of drug-likeness (QED) is 0.852. The Labute approximate surface area is 113 Å². The fourth-order valence-electron chi connectivity index (χ4n) is 2.99. The monoisotopic (exact) mass is 295 g/mol. The minimum absolute atomic E-state index is 0.667. The minimum Gasteiger partial charge on any atom is -0.319 e. The molecular formula is C15H22BrN. The summed E-state index contributed by atoms with van der Waals surface area (Å²) in [5, 5.41) is 3.34. The van der Waals surface area contributed by atoms with Gasteiger partial charge in [0.2, 0.25) is 0 Å². The molecule has 0 aliphatic heterocycles. The molecule has 1 nitrogen and oxygen atoms in total. The van der Waals surface area contributed by atoms with E-state index in [9.17, 15) is 0 Å². The highest BCUT2D eigenvalue weighted by molar-refractivity contribution is 9.10. The molecule has 1 atom stereocenters. The topological polar surface area (TPSA) is 12.0 Å². The van der Waals surface area contributed by atoms with E-state index in [-0.39, 0.29) is 0 Å². The SMILES string of the molecule is CNCC(CC1CCCC1)c1cccc(Br)c1. The highest BCUT2D eigenvalue weighted by Gasteiger charge is 2.20. The number of hydrogen-bond donors (Lipinski definition) is 1. The molecular weight excluding hydrogens is 274 g/mol. The van der Waals surface area contributed by atoms with E-state index >= 15 is 0 Å². The molecule has 17 heavy (non-hydrogen) atoms. The average molecular weight is 296 g/mol. The van der Waals surface area contributed by atoms with Crippen LogP contribution in [0.25, 0.3) is 0 Å². The summed E-state index contributed by atoms with van der Waals surface area (Å²) in [7, 11) is 2.06. The van der Waals surface area contributed by atoms with Gasteiger partial charge in [0.1, 0.15) is 0 Å². The van der Waals surface area contributed by atoms with Crippen molar-refractivity contribution in [2.45, 2.75) is 38.0 Å². The number of rotatable bonds is 5. The molecule has 1 unspecified atom stereocenters. The van der Waals surface area contributed by atoms with Crippen molar-refractivity contribution in [3.05, 3.63) is 34.3 Å². The van der Waals surface area contributed by atoms with E-state index in [4.69, 9.17) is 0 Å². The maximum absolute atomic E-state index is 3.57. The van der Waals surface area contributed by atoms with Gasteiger partial charge in [0.25, 0.3) is 0 Å². The lowest BCUT2D eigenvalue weighted by atomic mass is 9.88. The molecule has 1 aliphatic rings. The van der Waals surface area contributed by atoms with Crippen LogP contribution in [0.5, 0.6) is 0 Å². The Morgan fingerprint density at radius 2 is 2.12 bits per heavy atom. The summed E-state index contributed by atoms with van der Waals surface area (Å²) in [6.07, 6.45) is 7.10. The van der Waals surface area contributed by atoms with Crippen LogP contribution >= 0.6 is 15.9 Å². The van der Waals surface area contributed by atoms with E-state index in [0.29, 0.717) is 5.92 Å². The van der Waals surface area contributed by atoms with E-state index in [0.717, 1.165) is 12.5 Å². The van der Waals surface area contributed by atoms with E-state index in [1.54, 1.807) is 0 Å². The van der Waals surface area contributed by atoms with Crippen molar-refractivity contribution >= 4 is 15.9 Å². The van der Waals surface area contributed by atoms with Crippen molar-refractivity contribution in [2.75, 3.05) is 13.6 Å². The number of benzene rings is 1. The van der Waals surface area contributed by atoms with Gasteiger partial charge in [-0.2, -0.15) is 0 Å². The van der Waals surface area contributed by atoms with Crippen molar-refractivity contribution < 1.29 is 0 Å². The zero-order valence-corrected chi connectivity index (χ0v) is 12.2. The van der Waals surface area contributed by atoms with Gasteiger partial charge in [0.15, 0.2) is 0 Å². The highest BCUT2D eigenvalue weighted by atomic mass is 79.9. The van der Waals surface area contributed by atoms with Crippen LogP contribution in [0, 0.1) is 5.92 Å². The second kappa shape index (κ2) is 6.55. The standard InChI is InChI=1S/C15H22BrN/c1-17-11-14(9-12-5-2-3-6-12)13-7-4-8-15(16)10-13/h4,7-8,10,12,14,17H,2-3,5-6,9,11H2,1H3. The summed E-state index contributed by atoms with van der Waals surface area (Å²) in [5.74, 6) is 1.62. The third-order valence-corrected chi connectivity index (χ3v) is 4.36. The Balaban J connectivity index is 2.04. The molecule has 0 bridgehead atoms. The Morgan fingerprint density at radius 3 is 2.76 bits per heavy atom. The van der Waals surface area contributed by atoms with E-state index in [1.165, 1.54) is 42.1 Å². The van der Waals surface area contributed by atoms with Crippen LogP contribution in [0.2, 0.25) is 0 Å². The normalized spacial score (nSPS) is 18.5. The Hall–Kier alpha value is -0.340. The lowest BCUT2D eigenvalue weighted by molar-refractivity contribution is 0.435. The first kappa shape index (κ1) is 13.1. The van der Waals surface area contributed by atoms with Crippen LogP contribution in [0.15, 0.2) is 28.7 Å².